The molecule has 6 heteroatoms. The van der Waals surface area contributed by atoms with Crippen LogP contribution in [0.4, 0.5) is 0 Å². The fraction of sp³-hybridized carbons (Fsp3) is 0.150. The molecule has 0 amide bonds. The summed E-state index contributed by atoms with van der Waals surface area (Å²) in [6, 6.07) is 16.7. The van der Waals surface area contributed by atoms with Gasteiger partial charge < -0.3 is 13.6 Å². The van der Waals surface area contributed by atoms with Crippen molar-refractivity contribution < 1.29 is 13.6 Å². The van der Waals surface area contributed by atoms with Gasteiger partial charge in [0.05, 0.1) is 6.42 Å². The van der Waals surface area contributed by atoms with Crippen molar-refractivity contribution in [3.8, 4) is 5.75 Å². The Hall–Kier alpha value is -3.41. The molecule has 0 aliphatic rings. The molecule has 4 rings (SSSR count). The molecular formula is C20H16N2O4. The molecule has 0 saturated heterocycles. The third kappa shape index (κ3) is 3.49. The number of ether oxygens (including phenoxy) is 1. The van der Waals surface area contributed by atoms with Crippen molar-refractivity contribution in [1.29, 1.82) is 0 Å². The van der Waals surface area contributed by atoms with Gasteiger partial charge in [-0.15, -0.1) is 10.2 Å². The third-order valence-corrected chi connectivity index (χ3v) is 3.99. The minimum Gasteiger partial charge on any atom is -0.484 e. The first kappa shape index (κ1) is 16.1. The Labute approximate surface area is 149 Å². The maximum Gasteiger partial charge on any atom is 0.336 e. The van der Waals surface area contributed by atoms with E-state index < -0.39 is 0 Å². The van der Waals surface area contributed by atoms with E-state index in [2.05, 4.69) is 10.2 Å². The predicted octanol–water partition coefficient (Wildman–Crippen LogP) is 3.65. The lowest BCUT2D eigenvalue weighted by atomic mass is 10.1. The highest BCUT2D eigenvalue weighted by Gasteiger charge is 2.09. The quantitative estimate of drug-likeness (QED) is 0.512. The van der Waals surface area contributed by atoms with Crippen LogP contribution in [-0.2, 0) is 13.0 Å². The van der Waals surface area contributed by atoms with Gasteiger partial charge in [-0.1, -0.05) is 30.3 Å². The molecule has 0 unspecified atom stereocenters. The normalized spacial score (nSPS) is 11.0. The summed E-state index contributed by atoms with van der Waals surface area (Å²) in [5.74, 6) is 1.49. The summed E-state index contributed by atoms with van der Waals surface area (Å²) in [4.78, 5) is 11.5. The smallest absolute Gasteiger partial charge is 0.336 e. The Morgan fingerprint density at radius 3 is 2.62 bits per heavy atom. The van der Waals surface area contributed by atoms with E-state index in [1.54, 1.807) is 6.07 Å². The Balaban J connectivity index is 1.46. The van der Waals surface area contributed by atoms with Crippen LogP contribution in [0, 0.1) is 6.92 Å². The van der Waals surface area contributed by atoms with Gasteiger partial charge in [-0.25, -0.2) is 4.79 Å². The van der Waals surface area contributed by atoms with Crippen molar-refractivity contribution in [2.24, 2.45) is 0 Å². The van der Waals surface area contributed by atoms with Crippen LogP contribution in [-0.4, -0.2) is 10.2 Å². The molecule has 0 spiro atoms. The number of hydrogen-bond donors (Lipinski definition) is 0. The summed E-state index contributed by atoms with van der Waals surface area (Å²) in [5, 5.41) is 8.92. The van der Waals surface area contributed by atoms with Crippen LogP contribution >= 0.6 is 0 Å². The zero-order chi connectivity index (χ0) is 17.9. The van der Waals surface area contributed by atoms with Gasteiger partial charge in [0.15, 0.2) is 6.61 Å². The number of aromatic nitrogens is 2. The Kier molecular flexibility index (Phi) is 4.23. The number of hydrogen-bond acceptors (Lipinski definition) is 6. The lowest BCUT2D eigenvalue weighted by Crippen LogP contribution is -1.99. The predicted molar refractivity (Wildman–Crippen MR) is 95.1 cm³/mol. The van der Waals surface area contributed by atoms with Crippen LogP contribution in [0.1, 0.15) is 22.9 Å². The van der Waals surface area contributed by atoms with Gasteiger partial charge >= 0.3 is 5.63 Å². The van der Waals surface area contributed by atoms with E-state index in [0.717, 1.165) is 16.5 Å². The lowest BCUT2D eigenvalue weighted by molar-refractivity contribution is 0.259. The van der Waals surface area contributed by atoms with E-state index in [1.807, 2.05) is 49.4 Å². The molecule has 130 valence electrons. The molecule has 0 atom stereocenters. The van der Waals surface area contributed by atoms with Gasteiger partial charge in [0.1, 0.15) is 11.3 Å². The van der Waals surface area contributed by atoms with E-state index in [-0.39, 0.29) is 12.2 Å². The van der Waals surface area contributed by atoms with Crippen molar-refractivity contribution in [3.63, 3.8) is 0 Å². The average Bonchev–Trinajstić information content (AvgIpc) is 3.08. The molecule has 4 aromatic rings. The highest BCUT2D eigenvalue weighted by Crippen LogP contribution is 2.23. The zero-order valence-corrected chi connectivity index (χ0v) is 14.1. The van der Waals surface area contributed by atoms with Gasteiger partial charge in [0.2, 0.25) is 5.89 Å². The standard InChI is InChI=1S/C20H16N2O4/c1-13-9-20(23)25-17-11-15(7-8-16(13)17)24-12-19-22-21-18(26-19)10-14-5-3-2-4-6-14/h2-9,11H,10,12H2,1H3. The Morgan fingerprint density at radius 1 is 0.962 bits per heavy atom. The first-order chi connectivity index (χ1) is 12.7. The van der Waals surface area contributed by atoms with Gasteiger partial charge in [-0.2, -0.15) is 0 Å². The molecule has 0 saturated carbocycles. The molecule has 0 radical (unpaired) electrons. The molecule has 0 bridgehead atoms. The van der Waals surface area contributed by atoms with Crippen LogP contribution < -0.4 is 10.4 Å². The second-order valence-corrected chi connectivity index (χ2v) is 5.95. The highest BCUT2D eigenvalue weighted by atomic mass is 16.5. The van der Waals surface area contributed by atoms with Crippen molar-refractivity contribution in [2.45, 2.75) is 20.0 Å². The zero-order valence-electron chi connectivity index (χ0n) is 14.1. The first-order valence-electron chi connectivity index (χ1n) is 8.20. The Bertz CT molecular complexity index is 1100. The molecule has 2 aromatic heterocycles. The summed E-state index contributed by atoms with van der Waals surface area (Å²) in [6.45, 7) is 2.01. The largest absolute Gasteiger partial charge is 0.484 e. The van der Waals surface area contributed by atoms with Gasteiger partial charge in [-0.3, -0.25) is 0 Å². The van der Waals surface area contributed by atoms with Crippen LogP contribution in [0.2, 0.25) is 0 Å². The molecule has 2 aromatic carbocycles. The summed E-state index contributed by atoms with van der Waals surface area (Å²) in [6.07, 6.45) is 0.578. The third-order valence-electron chi connectivity index (χ3n) is 3.99. The molecule has 2 heterocycles. The van der Waals surface area contributed by atoms with E-state index >= 15 is 0 Å². The number of fused-ring (bicyclic) bond motifs is 1. The van der Waals surface area contributed by atoms with E-state index in [9.17, 15) is 4.79 Å². The van der Waals surface area contributed by atoms with Crippen LogP contribution in [0.5, 0.6) is 5.75 Å². The maximum absolute atomic E-state index is 11.5. The van der Waals surface area contributed by atoms with Crippen LogP contribution in [0.15, 0.2) is 68.2 Å². The van der Waals surface area contributed by atoms with Crippen LogP contribution in [0.3, 0.4) is 0 Å². The summed E-state index contributed by atoms with van der Waals surface area (Å²) < 4.78 is 16.5. The molecule has 0 aliphatic heterocycles. The number of benzene rings is 2. The van der Waals surface area contributed by atoms with Crippen molar-refractivity contribution in [3.05, 3.63) is 87.9 Å². The van der Waals surface area contributed by atoms with Gasteiger partial charge in [0, 0.05) is 17.5 Å². The topological polar surface area (TPSA) is 78.4 Å². The number of aryl methyl sites for hydroxylation is 1. The van der Waals surface area contributed by atoms with Gasteiger partial charge in [-0.05, 0) is 30.2 Å². The maximum atomic E-state index is 11.5. The molecule has 0 fully saturated rings. The fourth-order valence-electron chi connectivity index (χ4n) is 2.73. The molecule has 26 heavy (non-hydrogen) atoms. The van der Waals surface area contributed by atoms with Crippen molar-refractivity contribution >= 4 is 11.0 Å². The summed E-state index contributed by atoms with van der Waals surface area (Å²) in [7, 11) is 0. The van der Waals surface area contributed by atoms with E-state index in [1.165, 1.54) is 6.07 Å². The second-order valence-electron chi connectivity index (χ2n) is 5.95. The minimum atomic E-state index is -0.380. The monoisotopic (exact) mass is 348 g/mol. The van der Waals surface area contributed by atoms with Crippen molar-refractivity contribution in [1.82, 2.24) is 10.2 Å². The van der Waals surface area contributed by atoms with E-state index in [4.69, 9.17) is 13.6 Å². The second kappa shape index (κ2) is 6.84. The summed E-state index contributed by atoms with van der Waals surface area (Å²) in [5.41, 5.74) is 2.08. The van der Waals surface area contributed by atoms with Gasteiger partial charge in [0.25, 0.3) is 5.89 Å². The highest BCUT2D eigenvalue weighted by molar-refractivity contribution is 5.81. The molecule has 0 N–H and O–H groups in total. The summed E-state index contributed by atoms with van der Waals surface area (Å²) >= 11 is 0. The van der Waals surface area contributed by atoms with E-state index in [0.29, 0.717) is 29.5 Å². The van der Waals surface area contributed by atoms with Crippen molar-refractivity contribution in [2.75, 3.05) is 0 Å². The van der Waals surface area contributed by atoms with Crippen LogP contribution in [0.25, 0.3) is 11.0 Å². The number of rotatable bonds is 5. The number of nitrogens with zero attached hydrogens (tertiary/aromatic N) is 2. The SMILES string of the molecule is Cc1cc(=O)oc2cc(OCc3nnc(Cc4ccccc4)o3)ccc12. The Morgan fingerprint density at radius 2 is 1.77 bits per heavy atom. The molecular weight excluding hydrogens is 332 g/mol. The average molecular weight is 348 g/mol. The lowest BCUT2D eigenvalue weighted by Gasteiger charge is -2.05. The molecule has 6 nitrogen and oxygen atoms in total. The first-order valence-corrected chi connectivity index (χ1v) is 8.20. The fourth-order valence-corrected chi connectivity index (χ4v) is 2.73. The minimum absolute atomic E-state index is 0.142. The molecule has 0 aliphatic carbocycles.